The van der Waals surface area contributed by atoms with Crippen LogP contribution in [0.25, 0.3) is 0 Å². The SMILES string of the molecule is COCCOc1ccc(N)c(C(C)=O)c1. The van der Waals surface area contributed by atoms with Crippen molar-refractivity contribution in [1.82, 2.24) is 0 Å². The van der Waals surface area contributed by atoms with Crippen molar-refractivity contribution in [3.05, 3.63) is 23.8 Å². The van der Waals surface area contributed by atoms with Gasteiger partial charge in [-0.15, -0.1) is 0 Å². The number of ketones is 1. The van der Waals surface area contributed by atoms with Crippen LogP contribution in [-0.2, 0) is 4.74 Å². The molecule has 0 amide bonds. The summed E-state index contributed by atoms with van der Waals surface area (Å²) in [7, 11) is 1.60. The van der Waals surface area contributed by atoms with Crippen LogP contribution >= 0.6 is 0 Å². The molecule has 0 heterocycles. The summed E-state index contributed by atoms with van der Waals surface area (Å²) in [5, 5.41) is 0. The Labute approximate surface area is 89.0 Å². The molecular weight excluding hydrogens is 194 g/mol. The van der Waals surface area contributed by atoms with E-state index in [4.69, 9.17) is 15.2 Å². The second-order valence-electron chi connectivity index (χ2n) is 3.15. The lowest BCUT2D eigenvalue weighted by Gasteiger charge is -2.08. The van der Waals surface area contributed by atoms with Gasteiger partial charge in [-0.25, -0.2) is 0 Å². The summed E-state index contributed by atoms with van der Waals surface area (Å²) in [6.45, 7) is 2.45. The van der Waals surface area contributed by atoms with Crippen LogP contribution in [0.15, 0.2) is 18.2 Å². The van der Waals surface area contributed by atoms with Gasteiger partial charge in [-0.1, -0.05) is 0 Å². The average molecular weight is 209 g/mol. The van der Waals surface area contributed by atoms with E-state index >= 15 is 0 Å². The molecule has 0 aliphatic rings. The molecule has 0 unspecified atom stereocenters. The molecule has 4 heteroatoms. The van der Waals surface area contributed by atoms with Crippen molar-refractivity contribution in [2.75, 3.05) is 26.1 Å². The third-order valence-corrected chi connectivity index (χ3v) is 1.96. The Balaban J connectivity index is 2.74. The molecule has 2 N–H and O–H groups in total. The van der Waals surface area contributed by atoms with Crippen LogP contribution in [0.2, 0.25) is 0 Å². The lowest BCUT2D eigenvalue weighted by atomic mass is 10.1. The minimum atomic E-state index is -0.0651. The summed E-state index contributed by atoms with van der Waals surface area (Å²) < 4.78 is 10.2. The minimum absolute atomic E-state index is 0.0651. The van der Waals surface area contributed by atoms with E-state index in [1.165, 1.54) is 6.92 Å². The normalized spacial score (nSPS) is 10.0. The Kier molecular flexibility index (Phi) is 4.12. The van der Waals surface area contributed by atoms with E-state index in [-0.39, 0.29) is 5.78 Å². The summed E-state index contributed by atoms with van der Waals surface area (Å²) in [4.78, 5) is 11.2. The molecule has 0 bridgehead atoms. The number of Topliss-reactive ketones (excluding diaryl/α,β-unsaturated/α-hetero) is 1. The summed E-state index contributed by atoms with van der Waals surface area (Å²) >= 11 is 0. The minimum Gasteiger partial charge on any atom is -0.491 e. The van der Waals surface area contributed by atoms with Crippen LogP contribution < -0.4 is 10.5 Å². The number of nitrogen functional groups attached to an aromatic ring is 1. The van der Waals surface area contributed by atoms with E-state index < -0.39 is 0 Å². The number of methoxy groups -OCH3 is 1. The van der Waals surface area contributed by atoms with Crippen molar-refractivity contribution in [3.63, 3.8) is 0 Å². The highest BCUT2D eigenvalue weighted by atomic mass is 16.5. The van der Waals surface area contributed by atoms with Gasteiger partial charge in [0.15, 0.2) is 5.78 Å². The van der Waals surface area contributed by atoms with Crippen LogP contribution in [-0.4, -0.2) is 26.1 Å². The Morgan fingerprint density at radius 1 is 1.40 bits per heavy atom. The van der Waals surface area contributed by atoms with Gasteiger partial charge in [-0.3, -0.25) is 4.79 Å². The van der Waals surface area contributed by atoms with Gasteiger partial charge < -0.3 is 15.2 Å². The molecular formula is C11H15NO3. The van der Waals surface area contributed by atoms with E-state index in [2.05, 4.69) is 0 Å². The highest BCUT2D eigenvalue weighted by molar-refractivity contribution is 5.99. The topological polar surface area (TPSA) is 61.6 Å². The first-order valence-electron chi connectivity index (χ1n) is 4.67. The lowest BCUT2D eigenvalue weighted by Crippen LogP contribution is -2.06. The van der Waals surface area contributed by atoms with Crippen LogP contribution in [0.3, 0.4) is 0 Å². The van der Waals surface area contributed by atoms with Crippen molar-refractivity contribution in [3.8, 4) is 5.75 Å². The molecule has 0 fully saturated rings. The number of hydrogen-bond acceptors (Lipinski definition) is 4. The summed E-state index contributed by atoms with van der Waals surface area (Å²) in [5.41, 5.74) is 6.61. The maximum atomic E-state index is 11.2. The van der Waals surface area contributed by atoms with Gasteiger partial charge in [0.05, 0.1) is 6.61 Å². The number of rotatable bonds is 5. The second kappa shape index (κ2) is 5.36. The highest BCUT2D eigenvalue weighted by Crippen LogP contribution is 2.20. The standard InChI is InChI=1S/C11H15NO3/c1-8(13)10-7-9(3-4-11(10)12)15-6-5-14-2/h3-4,7H,5-6,12H2,1-2H3. The first kappa shape index (κ1) is 11.5. The van der Waals surface area contributed by atoms with Gasteiger partial charge in [0, 0.05) is 18.4 Å². The summed E-state index contributed by atoms with van der Waals surface area (Å²) in [6, 6.07) is 5.05. The first-order chi connectivity index (χ1) is 7.15. The smallest absolute Gasteiger partial charge is 0.162 e. The molecule has 0 radical (unpaired) electrons. The summed E-state index contributed by atoms with van der Waals surface area (Å²) in [6.07, 6.45) is 0. The number of nitrogens with two attached hydrogens (primary N) is 1. The van der Waals surface area contributed by atoms with Crippen molar-refractivity contribution < 1.29 is 14.3 Å². The number of carbonyl (C=O) groups excluding carboxylic acids is 1. The average Bonchev–Trinajstić information content (AvgIpc) is 2.20. The van der Waals surface area contributed by atoms with Crippen molar-refractivity contribution in [2.24, 2.45) is 0 Å². The van der Waals surface area contributed by atoms with Gasteiger partial charge in [-0.2, -0.15) is 0 Å². The molecule has 4 nitrogen and oxygen atoms in total. The van der Waals surface area contributed by atoms with Gasteiger partial charge in [0.2, 0.25) is 0 Å². The molecule has 0 saturated heterocycles. The molecule has 15 heavy (non-hydrogen) atoms. The summed E-state index contributed by atoms with van der Waals surface area (Å²) in [5.74, 6) is 0.566. The molecule has 0 aromatic heterocycles. The lowest BCUT2D eigenvalue weighted by molar-refractivity contribution is 0.101. The van der Waals surface area contributed by atoms with Crippen molar-refractivity contribution in [1.29, 1.82) is 0 Å². The third-order valence-electron chi connectivity index (χ3n) is 1.96. The van der Waals surface area contributed by atoms with E-state index in [1.54, 1.807) is 25.3 Å². The highest BCUT2D eigenvalue weighted by Gasteiger charge is 2.06. The van der Waals surface area contributed by atoms with Crippen LogP contribution in [0, 0.1) is 0 Å². The molecule has 0 spiro atoms. The fraction of sp³-hybridized carbons (Fsp3) is 0.364. The fourth-order valence-electron chi connectivity index (χ4n) is 1.17. The van der Waals surface area contributed by atoms with Gasteiger partial charge in [0.25, 0.3) is 0 Å². The number of anilines is 1. The maximum Gasteiger partial charge on any atom is 0.162 e. The molecule has 1 aromatic rings. The first-order valence-corrected chi connectivity index (χ1v) is 4.67. The van der Waals surface area contributed by atoms with Crippen LogP contribution in [0.5, 0.6) is 5.75 Å². The Bertz CT molecular complexity index is 350. The van der Waals surface area contributed by atoms with Gasteiger partial charge in [-0.05, 0) is 25.1 Å². The Hall–Kier alpha value is -1.55. The molecule has 0 aliphatic heterocycles. The zero-order valence-electron chi connectivity index (χ0n) is 8.95. The number of hydrogen-bond donors (Lipinski definition) is 1. The van der Waals surface area contributed by atoms with E-state index in [9.17, 15) is 4.79 Å². The van der Waals surface area contributed by atoms with E-state index in [0.717, 1.165) is 0 Å². The van der Waals surface area contributed by atoms with E-state index in [1.807, 2.05) is 0 Å². The molecule has 0 aliphatic carbocycles. The monoisotopic (exact) mass is 209 g/mol. The number of benzene rings is 1. The van der Waals surface area contributed by atoms with E-state index in [0.29, 0.717) is 30.2 Å². The number of carbonyl (C=O) groups is 1. The predicted octanol–water partition coefficient (Wildman–Crippen LogP) is 1.50. The van der Waals surface area contributed by atoms with Crippen molar-refractivity contribution in [2.45, 2.75) is 6.92 Å². The van der Waals surface area contributed by atoms with Crippen LogP contribution in [0.4, 0.5) is 5.69 Å². The second-order valence-corrected chi connectivity index (χ2v) is 3.15. The molecule has 82 valence electrons. The molecule has 0 atom stereocenters. The van der Waals surface area contributed by atoms with Crippen molar-refractivity contribution >= 4 is 11.5 Å². The number of ether oxygens (including phenoxy) is 2. The van der Waals surface area contributed by atoms with Gasteiger partial charge >= 0.3 is 0 Å². The predicted molar refractivity (Wildman–Crippen MR) is 58.2 cm³/mol. The van der Waals surface area contributed by atoms with Crippen LogP contribution in [0.1, 0.15) is 17.3 Å². The Morgan fingerprint density at radius 3 is 2.73 bits per heavy atom. The zero-order valence-corrected chi connectivity index (χ0v) is 8.95. The largest absolute Gasteiger partial charge is 0.491 e. The Morgan fingerprint density at radius 2 is 2.13 bits per heavy atom. The maximum absolute atomic E-state index is 11.2. The fourth-order valence-corrected chi connectivity index (χ4v) is 1.17. The third kappa shape index (κ3) is 3.25. The zero-order chi connectivity index (χ0) is 11.3. The molecule has 0 saturated carbocycles. The molecule has 1 rings (SSSR count). The van der Waals surface area contributed by atoms with Gasteiger partial charge in [0.1, 0.15) is 12.4 Å². The quantitative estimate of drug-likeness (QED) is 0.453. The molecule has 1 aromatic carbocycles.